The molecule has 1 atom stereocenters. The zero-order chi connectivity index (χ0) is 13.1. The van der Waals surface area contributed by atoms with E-state index in [4.69, 9.17) is 9.47 Å². The van der Waals surface area contributed by atoms with E-state index in [2.05, 4.69) is 22.6 Å². The topological polar surface area (TPSA) is 35.5 Å². The maximum Gasteiger partial charge on any atom is 0.347 e. The summed E-state index contributed by atoms with van der Waals surface area (Å²) < 4.78 is 11.8. The predicted molar refractivity (Wildman–Crippen MR) is 75.1 cm³/mol. The molecule has 0 aromatic heterocycles. The van der Waals surface area contributed by atoms with E-state index in [1.54, 1.807) is 6.92 Å². The lowest BCUT2D eigenvalue weighted by Gasteiger charge is -2.22. The highest BCUT2D eigenvalue weighted by atomic mass is 127. The van der Waals surface area contributed by atoms with Crippen molar-refractivity contribution < 1.29 is 14.3 Å². The largest absolute Gasteiger partial charge is 0.478 e. The molecule has 4 heteroatoms. The number of halogens is 1. The number of hydrogen-bond donors (Lipinski definition) is 0. The Balaban J connectivity index is 2.64. The minimum Gasteiger partial charge on any atom is -0.478 e. The van der Waals surface area contributed by atoms with Gasteiger partial charge in [0.1, 0.15) is 11.4 Å². The number of benzene rings is 1. The molecule has 0 aliphatic heterocycles. The predicted octanol–water partition coefficient (Wildman–Crippen LogP) is 3.40. The molecule has 1 unspecified atom stereocenters. The summed E-state index contributed by atoms with van der Waals surface area (Å²) in [6.45, 7) is 7.20. The van der Waals surface area contributed by atoms with Gasteiger partial charge in [0.05, 0.1) is 3.57 Å². The Bertz CT molecular complexity index is 396. The Labute approximate surface area is 116 Å². The van der Waals surface area contributed by atoms with E-state index in [9.17, 15) is 4.79 Å². The Morgan fingerprint density at radius 2 is 1.88 bits per heavy atom. The van der Waals surface area contributed by atoms with Crippen LogP contribution in [-0.4, -0.2) is 17.7 Å². The van der Waals surface area contributed by atoms with Crippen molar-refractivity contribution in [2.75, 3.05) is 0 Å². The molecule has 1 rings (SSSR count). The number of esters is 1. The van der Waals surface area contributed by atoms with Crippen molar-refractivity contribution in [2.45, 2.75) is 39.4 Å². The zero-order valence-corrected chi connectivity index (χ0v) is 12.6. The van der Waals surface area contributed by atoms with Gasteiger partial charge in [-0.2, -0.15) is 0 Å². The van der Waals surface area contributed by atoms with Crippen molar-refractivity contribution in [3.8, 4) is 5.75 Å². The lowest BCUT2D eigenvalue weighted by atomic mass is 10.2. The molecule has 0 saturated heterocycles. The van der Waals surface area contributed by atoms with Gasteiger partial charge in [-0.1, -0.05) is 12.1 Å². The van der Waals surface area contributed by atoms with E-state index in [0.717, 1.165) is 3.57 Å². The summed E-state index contributed by atoms with van der Waals surface area (Å²) >= 11 is 2.17. The van der Waals surface area contributed by atoms with Crippen molar-refractivity contribution in [3.63, 3.8) is 0 Å². The lowest BCUT2D eigenvalue weighted by Crippen LogP contribution is -2.33. The van der Waals surface area contributed by atoms with Crippen LogP contribution in [0.25, 0.3) is 0 Å². The molecule has 0 aliphatic rings. The molecule has 1 aromatic carbocycles. The first kappa shape index (κ1) is 14.3. The third-order valence-corrected chi connectivity index (χ3v) is 2.77. The molecule has 0 aliphatic carbocycles. The first-order chi connectivity index (χ1) is 7.79. The van der Waals surface area contributed by atoms with E-state index in [-0.39, 0.29) is 5.97 Å². The average molecular weight is 348 g/mol. The zero-order valence-electron chi connectivity index (χ0n) is 10.5. The maximum atomic E-state index is 11.7. The van der Waals surface area contributed by atoms with E-state index in [1.807, 2.05) is 45.0 Å². The third kappa shape index (κ3) is 4.93. The first-order valence-electron chi connectivity index (χ1n) is 5.43. The van der Waals surface area contributed by atoms with Crippen molar-refractivity contribution in [1.82, 2.24) is 0 Å². The van der Waals surface area contributed by atoms with Crippen LogP contribution >= 0.6 is 22.6 Å². The van der Waals surface area contributed by atoms with Crippen LogP contribution in [0.5, 0.6) is 5.75 Å². The van der Waals surface area contributed by atoms with Crippen LogP contribution in [0.1, 0.15) is 27.7 Å². The van der Waals surface area contributed by atoms with Gasteiger partial charge in [-0.05, 0) is 62.4 Å². The molecule has 0 fully saturated rings. The highest BCUT2D eigenvalue weighted by Crippen LogP contribution is 2.21. The first-order valence-corrected chi connectivity index (χ1v) is 6.51. The van der Waals surface area contributed by atoms with Gasteiger partial charge in [0, 0.05) is 0 Å². The van der Waals surface area contributed by atoms with Crippen LogP contribution in [0.3, 0.4) is 0 Å². The van der Waals surface area contributed by atoms with Crippen LogP contribution in [0.4, 0.5) is 0 Å². The lowest BCUT2D eigenvalue weighted by molar-refractivity contribution is -0.162. The van der Waals surface area contributed by atoms with Crippen molar-refractivity contribution >= 4 is 28.6 Å². The van der Waals surface area contributed by atoms with Gasteiger partial charge < -0.3 is 9.47 Å². The van der Waals surface area contributed by atoms with Gasteiger partial charge in [-0.3, -0.25) is 0 Å². The second-order valence-corrected chi connectivity index (χ2v) is 5.89. The summed E-state index contributed by atoms with van der Waals surface area (Å²) in [5.74, 6) is 0.351. The summed E-state index contributed by atoms with van der Waals surface area (Å²) in [4.78, 5) is 11.7. The Kier molecular flexibility index (Phi) is 4.80. The third-order valence-electron chi connectivity index (χ3n) is 1.88. The molecule has 0 spiro atoms. The van der Waals surface area contributed by atoms with Gasteiger partial charge >= 0.3 is 5.97 Å². The number of rotatable bonds is 3. The van der Waals surface area contributed by atoms with E-state index < -0.39 is 11.7 Å². The summed E-state index contributed by atoms with van der Waals surface area (Å²) in [7, 11) is 0. The minimum absolute atomic E-state index is 0.350. The fourth-order valence-electron chi connectivity index (χ4n) is 1.16. The summed E-state index contributed by atoms with van der Waals surface area (Å²) in [6.07, 6.45) is -0.606. The molecule has 3 nitrogen and oxygen atoms in total. The highest BCUT2D eigenvalue weighted by molar-refractivity contribution is 14.1. The van der Waals surface area contributed by atoms with E-state index in [0.29, 0.717) is 5.75 Å². The fraction of sp³-hybridized carbons (Fsp3) is 0.462. The maximum absolute atomic E-state index is 11.7. The second-order valence-electron chi connectivity index (χ2n) is 4.72. The minimum atomic E-state index is -0.606. The molecular formula is C13H17IO3. The second kappa shape index (κ2) is 5.71. The molecule has 17 heavy (non-hydrogen) atoms. The smallest absolute Gasteiger partial charge is 0.347 e. The van der Waals surface area contributed by atoms with E-state index >= 15 is 0 Å². The highest BCUT2D eigenvalue weighted by Gasteiger charge is 2.23. The Morgan fingerprint density at radius 1 is 1.29 bits per heavy atom. The molecular weight excluding hydrogens is 331 g/mol. The van der Waals surface area contributed by atoms with E-state index in [1.165, 1.54) is 0 Å². The summed E-state index contributed by atoms with van der Waals surface area (Å²) in [5.41, 5.74) is -0.488. The van der Waals surface area contributed by atoms with Crippen molar-refractivity contribution in [3.05, 3.63) is 27.8 Å². The summed E-state index contributed by atoms with van der Waals surface area (Å²) in [5, 5.41) is 0. The number of carbonyl (C=O) groups is 1. The average Bonchev–Trinajstić information content (AvgIpc) is 2.18. The SMILES string of the molecule is CC(Oc1ccccc1I)C(=O)OC(C)(C)C. The normalized spacial score (nSPS) is 13.0. The van der Waals surface area contributed by atoms with Crippen LogP contribution < -0.4 is 4.74 Å². The van der Waals surface area contributed by atoms with Gasteiger partial charge in [-0.15, -0.1) is 0 Å². The van der Waals surface area contributed by atoms with Gasteiger partial charge in [-0.25, -0.2) is 4.79 Å². The Morgan fingerprint density at radius 3 is 2.41 bits per heavy atom. The fourth-order valence-corrected chi connectivity index (χ4v) is 1.68. The molecule has 0 N–H and O–H groups in total. The van der Waals surface area contributed by atoms with Crippen LogP contribution in [0.15, 0.2) is 24.3 Å². The van der Waals surface area contributed by atoms with Crippen LogP contribution in [0.2, 0.25) is 0 Å². The summed E-state index contributed by atoms with van der Waals surface area (Å²) in [6, 6.07) is 7.56. The van der Waals surface area contributed by atoms with Crippen LogP contribution in [0, 0.1) is 3.57 Å². The molecule has 0 radical (unpaired) electrons. The van der Waals surface area contributed by atoms with Gasteiger partial charge in [0.2, 0.25) is 0 Å². The number of hydrogen-bond acceptors (Lipinski definition) is 3. The number of para-hydroxylation sites is 1. The quantitative estimate of drug-likeness (QED) is 0.620. The van der Waals surface area contributed by atoms with Crippen molar-refractivity contribution in [2.24, 2.45) is 0 Å². The molecule has 0 saturated carbocycles. The van der Waals surface area contributed by atoms with Gasteiger partial charge in [0.25, 0.3) is 0 Å². The number of carbonyl (C=O) groups excluding carboxylic acids is 1. The van der Waals surface area contributed by atoms with Crippen LogP contribution in [-0.2, 0) is 9.53 Å². The van der Waals surface area contributed by atoms with Gasteiger partial charge in [0.15, 0.2) is 6.10 Å². The number of ether oxygens (including phenoxy) is 2. The standard InChI is InChI=1S/C13H17IO3/c1-9(12(15)17-13(2,3)4)16-11-8-6-5-7-10(11)14/h5-9H,1-4H3. The monoisotopic (exact) mass is 348 g/mol. The molecule has 0 heterocycles. The molecule has 94 valence electrons. The molecule has 1 aromatic rings. The molecule has 0 bridgehead atoms. The Hall–Kier alpha value is -0.780. The van der Waals surface area contributed by atoms with Crippen molar-refractivity contribution in [1.29, 1.82) is 0 Å². The molecule has 0 amide bonds.